The highest BCUT2D eigenvalue weighted by atomic mass is 19.4. The number of carboxylic acids is 1. The number of aliphatic carboxylic acids is 1. The monoisotopic (exact) mass is 260 g/mol. The maximum Gasteiger partial charge on any atom is 0.433 e. The summed E-state index contributed by atoms with van der Waals surface area (Å²) < 4.78 is 36.9. The van der Waals surface area contributed by atoms with Crippen LogP contribution in [-0.2, 0) is 11.0 Å². The van der Waals surface area contributed by atoms with Crippen molar-refractivity contribution >= 4 is 11.7 Å². The Morgan fingerprint density at radius 2 is 2.17 bits per heavy atom. The fraction of sp³-hybridized carbons (Fsp3) is 0.455. The van der Waals surface area contributed by atoms with Crippen molar-refractivity contribution in [3.63, 3.8) is 0 Å². The Hall–Kier alpha value is -1.79. The summed E-state index contributed by atoms with van der Waals surface area (Å²) in [7, 11) is 0. The highest BCUT2D eigenvalue weighted by Crippen LogP contribution is 2.29. The van der Waals surface area contributed by atoms with Gasteiger partial charge in [-0.25, -0.2) is 4.98 Å². The SMILES string of the molecule is O=C(O)[C@@H]1CCN(c2ccc(C(F)(F)F)nc2)C1. The average molecular weight is 260 g/mol. The summed E-state index contributed by atoms with van der Waals surface area (Å²) in [6.45, 7) is 0.826. The molecule has 0 amide bonds. The van der Waals surface area contributed by atoms with E-state index >= 15 is 0 Å². The lowest BCUT2D eigenvalue weighted by atomic mass is 10.1. The van der Waals surface area contributed by atoms with Crippen molar-refractivity contribution in [2.75, 3.05) is 18.0 Å². The van der Waals surface area contributed by atoms with Crippen molar-refractivity contribution in [1.82, 2.24) is 4.98 Å². The Balaban J connectivity index is 2.10. The van der Waals surface area contributed by atoms with Gasteiger partial charge in [0.05, 0.1) is 17.8 Å². The average Bonchev–Trinajstić information content (AvgIpc) is 2.77. The van der Waals surface area contributed by atoms with Gasteiger partial charge in [0.2, 0.25) is 0 Å². The molecule has 98 valence electrons. The third kappa shape index (κ3) is 2.55. The molecule has 1 aromatic rings. The van der Waals surface area contributed by atoms with Crippen LogP contribution in [0.25, 0.3) is 0 Å². The molecule has 4 nitrogen and oxygen atoms in total. The number of anilines is 1. The van der Waals surface area contributed by atoms with E-state index in [0.29, 0.717) is 25.2 Å². The van der Waals surface area contributed by atoms with Gasteiger partial charge in [0.15, 0.2) is 0 Å². The summed E-state index contributed by atoms with van der Waals surface area (Å²) in [5, 5.41) is 8.84. The van der Waals surface area contributed by atoms with E-state index in [1.165, 1.54) is 6.07 Å². The zero-order valence-electron chi connectivity index (χ0n) is 9.31. The second-order valence-corrected chi connectivity index (χ2v) is 4.17. The van der Waals surface area contributed by atoms with Crippen LogP contribution in [0.15, 0.2) is 18.3 Å². The minimum Gasteiger partial charge on any atom is -0.481 e. The number of nitrogens with zero attached hydrogens (tertiary/aromatic N) is 2. The molecule has 1 fully saturated rings. The van der Waals surface area contributed by atoms with Crippen molar-refractivity contribution in [1.29, 1.82) is 0 Å². The Labute approximate surface area is 101 Å². The second-order valence-electron chi connectivity index (χ2n) is 4.17. The summed E-state index contributed by atoms with van der Waals surface area (Å²) in [6, 6.07) is 2.23. The third-order valence-electron chi connectivity index (χ3n) is 2.94. The Morgan fingerprint density at radius 3 is 2.61 bits per heavy atom. The van der Waals surface area contributed by atoms with Crippen LogP contribution < -0.4 is 4.90 Å². The lowest BCUT2D eigenvalue weighted by molar-refractivity contribution is -0.141. The number of pyridine rings is 1. The van der Waals surface area contributed by atoms with Gasteiger partial charge in [0, 0.05) is 13.1 Å². The van der Waals surface area contributed by atoms with Crippen LogP contribution >= 0.6 is 0 Å². The van der Waals surface area contributed by atoms with E-state index in [9.17, 15) is 18.0 Å². The van der Waals surface area contributed by atoms with Crippen molar-refractivity contribution in [3.8, 4) is 0 Å². The first-order valence-electron chi connectivity index (χ1n) is 5.39. The number of rotatable bonds is 2. The van der Waals surface area contributed by atoms with E-state index in [0.717, 1.165) is 12.3 Å². The smallest absolute Gasteiger partial charge is 0.433 e. The van der Waals surface area contributed by atoms with Crippen molar-refractivity contribution < 1.29 is 23.1 Å². The second kappa shape index (κ2) is 4.47. The molecular weight excluding hydrogens is 249 g/mol. The number of hydrogen-bond acceptors (Lipinski definition) is 3. The Kier molecular flexibility index (Phi) is 3.14. The topological polar surface area (TPSA) is 53.4 Å². The van der Waals surface area contributed by atoms with Gasteiger partial charge < -0.3 is 10.0 Å². The molecule has 1 aliphatic heterocycles. The summed E-state index contributed by atoms with van der Waals surface area (Å²) in [5.74, 6) is -1.34. The molecule has 0 aliphatic carbocycles. The molecule has 7 heteroatoms. The molecule has 2 rings (SSSR count). The molecule has 1 aliphatic rings. The van der Waals surface area contributed by atoms with Gasteiger partial charge >= 0.3 is 12.1 Å². The summed E-state index contributed by atoms with van der Waals surface area (Å²) >= 11 is 0. The first kappa shape index (κ1) is 12.7. The van der Waals surface area contributed by atoms with Gasteiger partial charge in [-0.15, -0.1) is 0 Å². The van der Waals surface area contributed by atoms with Gasteiger partial charge in [0.25, 0.3) is 0 Å². The summed E-state index contributed by atoms with van der Waals surface area (Å²) in [4.78, 5) is 15.9. The standard InChI is InChI=1S/C11H11F3N2O2/c12-11(13,14)9-2-1-8(5-15-9)16-4-3-7(6-16)10(17)18/h1-2,5,7H,3-4,6H2,(H,17,18)/t7-/m1/s1. The van der Waals surface area contributed by atoms with Crippen LogP contribution in [-0.4, -0.2) is 29.1 Å². The Morgan fingerprint density at radius 1 is 1.44 bits per heavy atom. The van der Waals surface area contributed by atoms with Gasteiger partial charge in [-0.1, -0.05) is 0 Å². The fourth-order valence-corrected chi connectivity index (χ4v) is 1.94. The number of halogens is 3. The van der Waals surface area contributed by atoms with Crippen molar-refractivity contribution in [3.05, 3.63) is 24.0 Å². The molecule has 0 aromatic carbocycles. The molecule has 0 spiro atoms. The van der Waals surface area contributed by atoms with Crippen LogP contribution in [0, 0.1) is 5.92 Å². The number of carboxylic acid groups (broad SMARTS) is 1. The predicted octanol–water partition coefficient (Wildman–Crippen LogP) is 2.01. The Bertz CT molecular complexity index is 445. The van der Waals surface area contributed by atoms with Crippen LogP contribution in [0.3, 0.4) is 0 Å². The zero-order valence-corrected chi connectivity index (χ0v) is 9.31. The molecule has 1 atom stereocenters. The zero-order chi connectivity index (χ0) is 13.3. The van der Waals surface area contributed by atoms with Crippen LogP contribution in [0.1, 0.15) is 12.1 Å². The molecule has 0 saturated carbocycles. The number of alkyl halides is 3. The predicted molar refractivity (Wildman–Crippen MR) is 57.2 cm³/mol. The lowest BCUT2D eigenvalue weighted by Crippen LogP contribution is -2.23. The van der Waals surface area contributed by atoms with Crippen molar-refractivity contribution in [2.24, 2.45) is 5.92 Å². The van der Waals surface area contributed by atoms with Crippen LogP contribution in [0.4, 0.5) is 18.9 Å². The summed E-state index contributed by atoms with van der Waals surface area (Å²) in [6.07, 6.45) is -2.82. The van der Waals surface area contributed by atoms with E-state index in [1.54, 1.807) is 4.90 Å². The summed E-state index contributed by atoms with van der Waals surface area (Å²) in [5.41, 5.74) is -0.424. The van der Waals surface area contributed by atoms with Crippen molar-refractivity contribution in [2.45, 2.75) is 12.6 Å². The van der Waals surface area contributed by atoms with E-state index < -0.39 is 23.8 Å². The van der Waals surface area contributed by atoms with E-state index in [-0.39, 0.29) is 0 Å². The molecule has 1 N–H and O–H groups in total. The molecule has 0 bridgehead atoms. The number of carbonyl (C=O) groups is 1. The minimum absolute atomic E-state index is 0.308. The number of aromatic nitrogens is 1. The highest BCUT2D eigenvalue weighted by Gasteiger charge is 2.33. The molecule has 1 saturated heterocycles. The van der Waals surface area contributed by atoms with E-state index in [1.807, 2.05) is 0 Å². The molecule has 0 radical (unpaired) electrons. The van der Waals surface area contributed by atoms with Crippen LogP contribution in [0.5, 0.6) is 0 Å². The highest BCUT2D eigenvalue weighted by molar-refractivity contribution is 5.72. The van der Waals surface area contributed by atoms with Crippen LogP contribution in [0.2, 0.25) is 0 Å². The maximum atomic E-state index is 12.3. The third-order valence-corrected chi connectivity index (χ3v) is 2.94. The first-order chi connectivity index (χ1) is 8.38. The molecule has 2 heterocycles. The molecule has 0 unspecified atom stereocenters. The maximum absolute atomic E-state index is 12.3. The quantitative estimate of drug-likeness (QED) is 0.883. The van der Waals surface area contributed by atoms with Gasteiger partial charge in [-0.2, -0.15) is 13.2 Å². The molecule has 1 aromatic heterocycles. The first-order valence-corrected chi connectivity index (χ1v) is 5.39. The molecule has 18 heavy (non-hydrogen) atoms. The van der Waals surface area contributed by atoms with Gasteiger partial charge in [0.1, 0.15) is 5.69 Å². The number of hydrogen-bond donors (Lipinski definition) is 1. The molecular formula is C11H11F3N2O2. The normalized spacial score (nSPS) is 20.2. The van der Waals surface area contributed by atoms with Gasteiger partial charge in [-0.3, -0.25) is 4.79 Å². The largest absolute Gasteiger partial charge is 0.481 e. The lowest BCUT2D eigenvalue weighted by Gasteiger charge is -2.18. The minimum atomic E-state index is -4.45. The fourth-order valence-electron chi connectivity index (χ4n) is 1.94. The van der Waals surface area contributed by atoms with E-state index in [4.69, 9.17) is 5.11 Å². The van der Waals surface area contributed by atoms with E-state index in [2.05, 4.69) is 4.98 Å². The van der Waals surface area contributed by atoms with Gasteiger partial charge in [-0.05, 0) is 18.6 Å².